The zero-order chi connectivity index (χ0) is 14.1. The molecule has 0 aromatic heterocycles. The number of rotatable bonds is 1. The molecule has 2 atom stereocenters. The minimum Gasteiger partial charge on any atom is -0.338 e. The summed E-state index contributed by atoms with van der Waals surface area (Å²) >= 11 is 9.59. The molecule has 0 N–H and O–H groups in total. The van der Waals surface area contributed by atoms with Gasteiger partial charge in [0.1, 0.15) is 0 Å². The fourth-order valence-electron chi connectivity index (χ4n) is 3.62. The standard InChI is InChI=1S/C16H19BrClNO/c17-13-5-6-15(18)14(9-13)16(20)19-8-7-11-3-1-2-4-12(11)10-19/h5-6,9,11-12H,1-4,7-8,10H2. The molecule has 1 saturated heterocycles. The predicted octanol–water partition coefficient (Wildman–Crippen LogP) is 4.75. The third-order valence-corrected chi connectivity index (χ3v) is 5.56. The lowest BCUT2D eigenvalue weighted by atomic mass is 9.75. The van der Waals surface area contributed by atoms with Crippen LogP contribution in [0.1, 0.15) is 42.5 Å². The molecule has 1 aromatic rings. The second kappa shape index (κ2) is 6.07. The highest BCUT2D eigenvalue weighted by Gasteiger charge is 2.33. The van der Waals surface area contributed by atoms with Crippen molar-refractivity contribution in [2.24, 2.45) is 11.8 Å². The summed E-state index contributed by atoms with van der Waals surface area (Å²) < 4.78 is 0.901. The lowest BCUT2D eigenvalue weighted by molar-refractivity contribution is 0.0521. The number of amides is 1. The zero-order valence-corrected chi connectivity index (χ0v) is 13.8. The Morgan fingerprint density at radius 2 is 1.95 bits per heavy atom. The third kappa shape index (κ3) is 2.89. The molecule has 1 aliphatic heterocycles. The molecule has 1 aromatic carbocycles. The highest BCUT2D eigenvalue weighted by atomic mass is 79.9. The Morgan fingerprint density at radius 3 is 2.75 bits per heavy atom. The van der Waals surface area contributed by atoms with Crippen molar-refractivity contribution < 1.29 is 4.79 Å². The van der Waals surface area contributed by atoms with Crippen LogP contribution in [0.15, 0.2) is 22.7 Å². The molecule has 4 heteroatoms. The first-order valence-electron chi connectivity index (χ1n) is 7.39. The van der Waals surface area contributed by atoms with Crippen molar-refractivity contribution in [2.45, 2.75) is 32.1 Å². The minimum atomic E-state index is 0.0836. The Bertz CT molecular complexity index is 519. The molecule has 1 amide bonds. The van der Waals surface area contributed by atoms with Gasteiger partial charge in [-0.3, -0.25) is 4.79 Å². The molecule has 2 nitrogen and oxygen atoms in total. The van der Waals surface area contributed by atoms with Gasteiger partial charge < -0.3 is 4.90 Å². The molecule has 2 unspecified atom stereocenters. The number of benzene rings is 1. The van der Waals surface area contributed by atoms with E-state index in [1.807, 2.05) is 17.0 Å². The van der Waals surface area contributed by atoms with E-state index in [9.17, 15) is 4.79 Å². The molecule has 108 valence electrons. The summed E-state index contributed by atoms with van der Waals surface area (Å²) in [4.78, 5) is 14.7. The number of fused-ring (bicyclic) bond motifs is 1. The van der Waals surface area contributed by atoms with Crippen molar-refractivity contribution in [2.75, 3.05) is 13.1 Å². The fourth-order valence-corrected chi connectivity index (χ4v) is 4.18. The number of halogens is 2. The Labute approximate surface area is 133 Å². The average molecular weight is 357 g/mol. The van der Waals surface area contributed by atoms with Gasteiger partial charge in [-0.1, -0.05) is 46.8 Å². The minimum absolute atomic E-state index is 0.0836. The second-order valence-electron chi connectivity index (χ2n) is 5.97. The van der Waals surface area contributed by atoms with E-state index < -0.39 is 0 Å². The van der Waals surface area contributed by atoms with Gasteiger partial charge in [0.05, 0.1) is 10.6 Å². The van der Waals surface area contributed by atoms with E-state index >= 15 is 0 Å². The van der Waals surface area contributed by atoms with Crippen LogP contribution in [0.4, 0.5) is 0 Å². The molecule has 1 heterocycles. The lowest BCUT2D eigenvalue weighted by Gasteiger charge is -2.41. The Hall–Kier alpha value is -0.540. The van der Waals surface area contributed by atoms with Gasteiger partial charge in [-0.2, -0.15) is 0 Å². The highest BCUT2D eigenvalue weighted by Crippen LogP contribution is 2.36. The molecule has 0 spiro atoms. The second-order valence-corrected chi connectivity index (χ2v) is 7.29. The number of likely N-dealkylation sites (tertiary alicyclic amines) is 1. The van der Waals surface area contributed by atoms with Crippen LogP contribution in [0.3, 0.4) is 0 Å². The van der Waals surface area contributed by atoms with Crippen molar-refractivity contribution in [3.8, 4) is 0 Å². The number of nitrogens with zero attached hydrogens (tertiary/aromatic N) is 1. The summed E-state index contributed by atoms with van der Waals surface area (Å²) in [6.07, 6.45) is 6.47. The molecular weight excluding hydrogens is 338 g/mol. The van der Waals surface area contributed by atoms with E-state index in [1.165, 1.54) is 25.7 Å². The van der Waals surface area contributed by atoms with Gasteiger partial charge in [0, 0.05) is 17.6 Å². The maximum Gasteiger partial charge on any atom is 0.255 e. The first-order chi connectivity index (χ1) is 9.65. The number of piperidine rings is 1. The molecule has 0 bridgehead atoms. The molecule has 1 aliphatic carbocycles. The fraction of sp³-hybridized carbons (Fsp3) is 0.562. The topological polar surface area (TPSA) is 20.3 Å². The molecule has 20 heavy (non-hydrogen) atoms. The van der Waals surface area contributed by atoms with Crippen molar-refractivity contribution in [1.29, 1.82) is 0 Å². The van der Waals surface area contributed by atoms with Crippen LogP contribution in [0.5, 0.6) is 0 Å². The van der Waals surface area contributed by atoms with Gasteiger partial charge >= 0.3 is 0 Å². The van der Waals surface area contributed by atoms with E-state index in [-0.39, 0.29) is 5.91 Å². The number of hydrogen-bond donors (Lipinski definition) is 0. The molecule has 1 saturated carbocycles. The molecule has 3 rings (SSSR count). The van der Waals surface area contributed by atoms with E-state index in [1.54, 1.807) is 6.07 Å². The van der Waals surface area contributed by atoms with Gasteiger partial charge in [-0.25, -0.2) is 0 Å². The molecular formula is C16H19BrClNO. The molecule has 2 aliphatic rings. The van der Waals surface area contributed by atoms with Crippen LogP contribution in [0.25, 0.3) is 0 Å². The number of hydrogen-bond acceptors (Lipinski definition) is 1. The SMILES string of the molecule is O=C(c1cc(Br)ccc1Cl)N1CCC2CCCCC2C1. The van der Waals surface area contributed by atoms with Crippen LogP contribution in [0.2, 0.25) is 5.02 Å². The lowest BCUT2D eigenvalue weighted by Crippen LogP contribution is -2.44. The maximum absolute atomic E-state index is 12.7. The summed E-state index contributed by atoms with van der Waals surface area (Å²) in [5.41, 5.74) is 0.621. The first kappa shape index (κ1) is 14.4. The van der Waals surface area contributed by atoms with E-state index in [4.69, 9.17) is 11.6 Å². The summed E-state index contributed by atoms with van der Waals surface area (Å²) in [5.74, 6) is 1.62. The van der Waals surface area contributed by atoms with E-state index in [2.05, 4.69) is 15.9 Å². The first-order valence-corrected chi connectivity index (χ1v) is 8.56. The summed E-state index contributed by atoms with van der Waals surface area (Å²) in [5, 5.41) is 0.545. The van der Waals surface area contributed by atoms with Crippen LogP contribution in [0, 0.1) is 11.8 Å². The normalized spacial score (nSPS) is 26.2. The van der Waals surface area contributed by atoms with Gasteiger partial charge in [0.15, 0.2) is 0 Å². The smallest absolute Gasteiger partial charge is 0.255 e. The largest absolute Gasteiger partial charge is 0.338 e. The van der Waals surface area contributed by atoms with Crippen molar-refractivity contribution in [3.05, 3.63) is 33.3 Å². The van der Waals surface area contributed by atoms with E-state index in [0.717, 1.165) is 29.9 Å². The van der Waals surface area contributed by atoms with Crippen LogP contribution in [-0.4, -0.2) is 23.9 Å². The third-order valence-electron chi connectivity index (χ3n) is 4.74. The van der Waals surface area contributed by atoms with Crippen molar-refractivity contribution in [1.82, 2.24) is 4.90 Å². The molecule has 2 fully saturated rings. The monoisotopic (exact) mass is 355 g/mol. The van der Waals surface area contributed by atoms with E-state index in [0.29, 0.717) is 16.5 Å². The predicted molar refractivity (Wildman–Crippen MR) is 85.1 cm³/mol. The Morgan fingerprint density at radius 1 is 1.20 bits per heavy atom. The summed E-state index contributed by atoms with van der Waals surface area (Å²) in [6.45, 7) is 1.79. The van der Waals surface area contributed by atoms with Crippen LogP contribution >= 0.6 is 27.5 Å². The highest BCUT2D eigenvalue weighted by molar-refractivity contribution is 9.10. The van der Waals surface area contributed by atoms with Gasteiger partial charge in [0.2, 0.25) is 0 Å². The number of carbonyl (C=O) groups excluding carboxylic acids is 1. The Kier molecular flexibility index (Phi) is 4.37. The van der Waals surface area contributed by atoms with Gasteiger partial charge in [-0.15, -0.1) is 0 Å². The quantitative estimate of drug-likeness (QED) is 0.710. The van der Waals surface area contributed by atoms with Gasteiger partial charge in [-0.05, 0) is 42.9 Å². The summed E-state index contributed by atoms with van der Waals surface area (Å²) in [7, 11) is 0. The molecule has 0 radical (unpaired) electrons. The average Bonchev–Trinajstić information content (AvgIpc) is 2.48. The number of carbonyl (C=O) groups is 1. The van der Waals surface area contributed by atoms with Crippen LogP contribution < -0.4 is 0 Å². The summed E-state index contributed by atoms with van der Waals surface area (Å²) in [6, 6.07) is 5.48. The van der Waals surface area contributed by atoms with Crippen molar-refractivity contribution >= 4 is 33.4 Å². The maximum atomic E-state index is 12.7. The Balaban J connectivity index is 1.76. The zero-order valence-electron chi connectivity index (χ0n) is 11.4. The van der Waals surface area contributed by atoms with Crippen LogP contribution in [-0.2, 0) is 0 Å². The van der Waals surface area contributed by atoms with Crippen molar-refractivity contribution in [3.63, 3.8) is 0 Å². The van der Waals surface area contributed by atoms with Gasteiger partial charge in [0.25, 0.3) is 5.91 Å².